The van der Waals surface area contributed by atoms with E-state index in [-0.39, 0.29) is 6.03 Å². The highest BCUT2D eigenvalue weighted by Crippen LogP contribution is 2.49. The molecular weight excluding hydrogens is 308 g/mol. The fourth-order valence-electron chi connectivity index (χ4n) is 5.24. The summed E-state index contributed by atoms with van der Waals surface area (Å²) in [7, 11) is 0. The molecule has 0 spiro atoms. The number of anilines is 1. The average Bonchev–Trinajstić information content (AvgIpc) is 2.91. The fourth-order valence-corrected chi connectivity index (χ4v) is 5.36. The maximum Gasteiger partial charge on any atom is 0.322 e. The molecule has 0 bridgehead atoms. The lowest BCUT2D eigenvalue weighted by atomic mass is 9.73. The molecule has 1 aromatic carbocycles. The van der Waals surface area contributed by atoms with Crippen molar-refractivity contribution in [2.75, 3.05) is 5.32 Å². The molecule has 2 saturated carbocycles. The number of halogens is 1. The van der Waals surface area contributed by atoms with Gasteiger partial charge in [0.2, 0.25) is 0 Å². The minimum Gasteiger partial charge on any atom is -0.318 e. The number of nitrogens with zero attached hydrogens (tertiary/aromatic N) is 1. The molecule has 0 unspecified atom stereocenters. The molecule has 3 aliphatic rings. The van der Waals surface area contributed by atoms with Crippen LogP contribution in [-0.2, 0) is 0 Å². The number of fused-ring (bicyclic) bond motifs is 3. The van der Waals surface area contributed by atoms with Crippen molar-refractivity contribution in [2.45, 2.75) is 63.5 Å². The van der Waals surface area contributed by atoms with E-state index in [1.54, 1.807) is 0 Å². The molecule has 1 aliphatic heterocycles. The summed E-state index contributed by atoms with van der Waals surface area (Å²) >= 11 is 5.93. The second kappa shape index (κ2) is 6.35. The van der Waals surface area contributed by atoms with Gasteiger partial charge >= 0.3 is 6.03 Å². The zero-order chi connectivity index (χ0) is 15.8. The van der Waals surface area contributed by atoms with Crippen molar-refractivity contribution in [2.24, 2.45) is 11.8 Å². The van der Waals surface area contributed by atoms with Gasteiger partial charge in [-0.25, -0.2) is 4.79 Å². The Morgan fingerprint density at radius 2 is 1.43 bits per heavy atom. The molecule has 3 nitrogen and oxygen atoms in total. The van der Waals surface area contributed by atoms with E-state index in [9.17, 15) is 4.79 Å². The van der Waals surface area contributed by atoms with Gasteiger partial charge in [0, 0.05) is 22.8 Å². The van der Waals surface area contributed by atoms with Crippen molar-refractivity contribution in [1.82, 2.24) is 4.90 Å². The van der Waals surface area contributed by atoms with Gasteiger partial charge in [-0.2, -0.15) is 0 Å². The first kappa shape index (κ1) is 15.3. The number of nitrogens with one attached hydrogen (secondary N) is 1. The molecule has 0 radical (unpaired) electrons. The third-order valence-electron chi connectivity index (χ3n) is 6.16. The van der Waals surface area contributed by atoms with Gasteiger partial charge in [0.1, 0.15) is 0 Å². The third kappa shape index (κ3) is 2.84. The van der Waals surface area contributed by atoms with Crippen LogP contribution < -0.4 is 5.32 Å². The van der Waals surface area contributed by atoms with Crippen LogP contribution in [0.4, 0.5) is 10.5 Å². The van der Waals surface area contributed by atoms with Crippen LogP contribution in [0.2, 0.25) is 5.02 Å². The Labute approximate surface area is 143 Å². The van der Waals surface area contributed by atoms with Crippen LogP contribution in [0.1, 0.15) is 51.4 Å². The summed E-state index contributed by atoms with van der Waals surface area (Å²) < 4.78 is 0. The highest BCUT2D eigenvalue weighted by atomic mass is 35.5. The number of urea groups is 1. The Hall–Kier alpha value is -1.22. The maximum absolute atomic E-state index is 13.0. The quantitative estimate of drug-likeness (QED) is 0.743. The van der Waals surface area contributed by atoms with Crippen molar-refractivity contribution >= 4 is 23.3 Å². The highest BCUT2D eigenvalue weighted by molar-refractivity contribution is 6.30. The van der Waals surface area contributed by atoms with E-state index in [1.165, 1.54) is 51.4 Å². The van der Waals surface area contributed by atoms with Gasteiger partial charge < -0.3 is 10.2 Å². The summed E-state index contributed by atoms with van der Waals surface area (Å²) in [6.07, 6.45) is 10.2. The molecule has 4 rings (SSSR count). The van der Waals surface area contributed by atoms with Gasteiger partial charge in [0.15, 0.2) is 0 Å². The lowest BCUT2D eigenvalue weighted by Gasteiger charge is -2.34. The Bertz CT molecular complexity index is 551. The molecule has 1 heterocycles. The Balaban J connectivity index is 1.55. The molecule has 2 amide bonds. The maximum atomic E-state index is 13.0. The van der Waals surface area contributed by atoms with E-state index >= 15 is 0 Å². The monoisotopic (exact) mass is 332 g/mol. The van der Waals surface area contributed by atoms with Crippen molar-refractivity contribution < 1.29 is 4.79 Å². The smallest absolute Gasteiger partial charge is 0.318 e. The van der Waals surface area contributed by atoms with Crippen molar-refractivity contribution in [3.05, 3.63) is 29.3 Å². The summed E-state index contributed by atoms with van der Waals surface area (Å²) in [6.45, 7) is 0. The third-order valence-corrected chi connectivity index (χ3v) is 6.41. The zero-order valence-corrected chi connectivity index (χ0v) is 14.3. The number of carbonyl (C=O) groups excluding carboxylic acids is 1. The first-order valence-corrected chi connectivity index (χ1v) is 9.47. The topological polar surface area (TPSA) is 32.3 Å². The highest BCUT2D eigenvalue weighted by Gasteiger charge is 2.51. The molecular formula is C19H25ClN2O. The van der Waals surface area contributed by atoms with E-state index in [1.807, 2.05) is 24.3 Å². The summed E-state index contributed by atoms with van der Waals surface area (Å²) in [4.78, 5) is 15.2. The summed E-state index contributed by atoms with van der Waals surface area (Å²) in [5.41, 5.74) is 0.839. The van der Waals surface area contributed by atoms with Gasteiger partial charge in [-0.1, -0.05) is 37.3 Å². The van der Waals surface area contributed by atoms with E-state index in [0.717, 1.165) is 17.5 Å². The van der Waals surface area contributed by atoms with Crippen molar-refractivity contribution in [3.63, 3.8) is 0 Å². The Kier molecular flexibility index (Phi) is 4.23. The molecule has 1 aromatic rings. The number of carbonyl (C=O) groups is 1. The molecule has 2 aliphatic carbocycles. The predicted octanol–water partition coefficient (Wildman–Crippen LogP) is 5.31. The first-order chi connectivity index (χ1) is 11.2. The van der Waals surface area contributed by atoms with Gasteiger partial charge in [0.25, 0.3) is 0 Å². The molecule has 1 saturated heterocycles. The van der Waals surface area contributed by atoms with Gasteiger partial charge in [-0.05, 0) is 61.8 Å². The van der Waals surface area contributed by atoms with Gasteiger partial charge in [-0.3, -0.25) is 0 Å². The molecule has 124 valence electrons. The van der Waals surface area contributed by atoms with E-state index in [2.05, 4.69) is 10.2 Å². The number of benzene rings is 1. The lowest BCUT2D eigenvalue weighted by Crippen LogP contribution is -2.46. The fraction of sp³-hybridized carbons (Fsp3) is 0.632. The number of hydrogen-bond acceptors (Lipinski definition) is 1. The minimum atomic E-state index is 0.0959. The molecule has 1 N–H and O–H groups in total. The normalized spacial score (nSPS) is 33.0. The molecule has 0 aromatic heterocycles. The van der Waals surface area contributed by atoms with Gasteiger partial charge in [-0.15, -0.1) is 0 Å². The molecule has 4 atom stereocenters. The largest absolute Gasteiger partial charge is 0.322 e. The average molecular weight is 333 g/mol. The standard InChI is InChI=1S/C19H25ClN2O/c20-13-9-11-14(12-10-13)21-19(23)22-17-7-3-1-5-15(17)16-6-2-4-8-18(16)22/h9-12,15-18H,1-8H2,(H,21,23)/t15-,16-,17+,18+/m1/s1. The number of amides is 2. The Morgan fingerprint density at radius 3 is 2.00 bits per heavy atom. The van der Waals surface area contributed by atoms with Crippen LogP contribution in [0.3, 0.4) is 0 Å². The van der Waals surface area contributed by atoms with Crippen LogP contribution in [0.15, 0.2) is 24.3 Å². The second-order valence-corrected chi connectivity index (χ2v) is 7.81. The number of likely N-dealkylation sites (tertiary alicyclic amines) is 1. The predicted molar refractivity (Wildman–Crippen MR) is 93.8 cm³/mol. The number of hydrogen-bond donors (Lipinski definition) is 1. The van der Waals surface area contributed by atoms with Crippen molar-refractivity contribution in [1.29, 1.82) is 0 Å². The van der Waals surface area contributed by atoms with E-state index in [0.29, 0.717) is 17.1 Å². The van der Waals surface area contributed by atoms with Gasteiger partial charge in [0.05, 0.1) is 0 Å². The van der Waals surface area contributed by atoms with E-state index < -0.39 is 0 Å². The van der Waals surface area contributed by atoms with Crippen LogP contribution in [0, 0.1) is 11.8 Å². The Morgan fingerprint density at radius 1 is 0.913 bits per heavy atom. The van der Waals surface area contributed by atoms with E-state index in [4.69, 9.17) is 11.6 Å². The SMILES string of the molecule is O=C(Nc1ccc(Cl)cc1)N1[C@H]2CCCC[C@@H]2[C@H]2CCCC[C@@H]21. The second-order valence-electron chi connectivity index (χ2n) is 7.38. The van der Waals surface area contributed by atoms with Crippen LogP contribution >= 0.6 is 11.6 Å². The lowest BCUT2D eigenvalue weighted by molar-refractivity contribution is 0.157. The number of rotatable bonds is 1. The summed E-state index contributed by atoms with van der Waals surface area (Å²) in [6, 6.07) is 8.44. The first-order valence-electron chi connectivity index (χ1n) is 9.09. The summed E-state index contributed by atoms with van der Waals surface area (Å²) in [5, 5.41) is 3.80. The molecule has 3 fully saturated rings. The molecule has 23 heavy (non-hydrogen) atoms. The minimum absolute atomic E-state index is 0.0959. The molecule has 4 heteroatoms. The van der Waals surface area contributed by atoms with Crippen LogP contribution in [-0.4, -0.2) is 23.0 Å². The van der Waals surface area contributed by atoms with Crippen LogP contribution in [0.5, 0.6) is 0 Å². The zero-order valence-electron chi connectivity index (χ0n) is 13.5. The summed E-state index contributed by atoms with van der Waals surface area (Å²) in [5.74, 6) is 1.48. The van der Waals surface area contributed by atoms with Crippen LogP contribution in [0.25, 0.3) is 0 Å². The van der Waals surface area contributed by atoms with Crippen molar-refractivity contribution in [3.8, 4) is 0 Å².